The van der Waals surface area contributed by atoms with Crippen molar-refractivity contribution in [2.45, 2.75) is 43.5 Å². The van der Waals surface area contributed by atoms with Gasteiger partial charge in [-0.25, -0.2) is 0 Å². The lowest BCUT2D eigenvalue weighted by Gasteiger charge is -2.20. The molecule has 0 radical (unpaired) electrons. The maximum atomic E-state index is 11.4. The van der Waals surface area contributed by atoms with Crippen molar-refractivity contribution in [2.24, 2.45) is 0 Å². The van der Waals surface area contributed by atoms with Gasteiger partial charge in [-0.05, 0) is 12.8 Å². The Morgan fingerprint density at radius 2 is 2.05 bits per heavy atom. The molecule has 0 aromatic rings. The van der Waals surface area contributed by atoms with Crippen LogP contribution in [0.3, 0.4) is 0 Å². The van der Waals surface area contributed by atoms with Gasteiger partial charge in [0.2, 0.25) is 5.91 Å². The Labute approximate surface area is 126 Å². The molecule has 2 aliphatic rings. The van der Waals surface area contributed by atoms with Crippen LogP contribution in [-0.4, -0.2) is 76.2 Å². The number of hydrogen-bond donors (Lipinski definition) is 5. The Morgan fingerprint density at radius 3 is 2.55 bits per heavy atom. The summed E-state index contributed by atoms with van der Waals surface area (Å²) in [7, 11) is 0. The number of aliphatic hydroxyl groups excluding tert-OH is 4. The topological polar surface area (TPSA) is 146 Å². The molecule has 5 N–H and O–H groups in total. The van der Waals surface area contributed by atoms with Gasteiger partial charge in [-0.1, -0.05) is 6.08 Å². The Hall–Kier alpha value is -1.52. The number of nitrogens with one attached hydrogen (secondary N) is 1. The minimum Gasteiger partial charge on any atom is -0.462 e. The molecule has 0 aromatic carbocycles. The first-order valence-electron chi connectivity index (χ1n) is 6.90. The molecule has 0 spiro atoms. The zero-order valence-corrected chi connectivity index (χ0v) is 11.7. The van der Waals surface area contributed by atoms with Gasteiger partial charge in [0.25, 0.3) is 0 Å². The predicted molar refractivity (Wildman–Crippen MR) is 70.2 cm³/mol. The lowest BCUT2D eigenvalue weighted by atomic mass is 9.98. The van der Waals surface area contributed by atoms with Gasteiger partial charge in [-0.2, -0.15) is 0 Å². The second-order valence-electron chi connectivity index (χ2n) is 5.17. The van der Waals surface area contributed by atoms with Crippen molar-refractivity contribution < 1.29 is 39.5 Å². The van der Waals surface area contributed by atoms with E-state index in [9.17, 15) is 30.0 Å². The SMILES string of the molecule is O=C(CNC(=O)C1=CCC1)OC[C@@H](O)C1OC(O)C(O)C1O. The van der Waals surface area contributed by atoms with Crippen LogP contribution in [0.25, 0.3) is 0 Å². The summed E-state index contributed by atoms with van der Waals surface area (Å²) >= 11 is 0. The third-order valence-corrected chi connectivity index (χ3v) is 3.56. The summed E-state index contributed by atoms with van der Waals surface area (Å²) in [4.78, 5) is 22.9. The minimum atomic E-state index is -1.61. The Bertz CT molecular complexity index is 465. The molecule has 0 saturated carbocycles. The molecule has 1 aliphatic heterocycles. The van der Waals surface area contributed by atoms with Crippen molar-refractivity contribution in [2.75, 3.05) is 13.2 Å². The fraction of sp³-hybridized carbons (Fsp3) is 0.692. The Balaban J connectivity index is 1.68. The quantitative estimate of drug-likeness (QED) is 0.329. The molecule has 124 valence electrons. The number of aliphatic hydroxyl groups is 4. The minimum absolute atomic E-state index is 0.329. The van der Waals surface area contributed by atoms with Crippen LogP contribution in [0.1, 0.15) is 12.8 Å². The molecule has 0 aromatic heterocycles. The molecule has 4 unspecified atom stereocenters. The number of amides is 1. The molecule has 1 aliphatic carbocycles. The van der Waals surface area contributed by atoms with Crippen molar-refractivity contribution in [3.63, 3.8) is 0 Å². The first kappa shape index (κ1) is 16.8. The first-order valence-corrected chi connectivity index (χ1v) is 6.90. The summed E-state index contributed by atoms with van der Waals surface area (Å²) in [5, 5.41) is 40.1. The van der Waals surface area contributed by atoms with E-state index in [2.05, 4.69) is 5.32 Å². The number of esters is 1. The highest BCUT2D eigenvalue weighted by molar-refractivity contribution is 5.96. The van der Waals surface area contributed by atoms with Crippen LogP contribution in [-0.2, 0) is 19.1 Å². The van der Waals surface area contributed by atoms with E-state index in [-0.39, 0.29) is 12.5 Å². The van der Waals surface area contributed by atoms with Gasteiger partial charge in [0.1, 0.15) is 37.6 Å². The van der Waals surface area contributed by atoms with Crippen molar-refractivity contribution in [3.8, 4) is 0 Å². The number of rotatable bonds is 6. The Kier molecular flexibility index (Phi) is 5.48. The molecule has 2 rings (SSSR count). The van der Waals surface area contributed by atoms with Crippen LogP contribution >= 0.6 is 0 Å². The van der Waals surface area contributed by atoms with Crippen LogP contribution < -0.4 is 5.32 Å². The van der Waals surface area contributed by atoms with Crippen molar-refractivity contribution in [3.05, 3.63) is 11.6 Å². The predicted octanol–water partition coefficient (Wildman–Crippen LogP) is -2.83. The second kappa shape index (κ2) is 7.16. The Morgan fingerprint density at radius 1 is 1.36 bits per heavy atom. The van der Waals surface area contributed by atoms with Crippen LogP contribution in [0, 0.1) is 0 Å². The number of carbonyl (C=O) groups is 2. The van der Waals surface area contributed by atoms with Crippen LogP contribution in [0.15, 0.2) is 11.6 Å². The molecular weight excluding hydrogens is 298 g/mol. The van der Waals surface area contributed by atoms with Gasteiger partial charge in [0.05, 0.1) is 0 Å². The average molecular weight is 317 g/mol. The van der Waals surface area contributed by atoms with E-state index in [0.29, 0.717) is 12.0 Å². The highest BCUT2D eigenvalue weighted by atomic mass is 16.7. The molecule has 1 amide bonds. The van der Waals surface area contributed by atoms with Gasteiger partial charge in [0.15, 0.2) is 6.29 Å². The first-order chi connectivity index (χ1) is 10.4. The summed E-state index contributed by atoms with van der Waals surface area (Å²) in [6, 6.07) is 0. The van der Waals surface area contributed by atoms with Gasteiger partial charge in [-0.3, -0.25) is 9.59 Å². The molecule has 0 bridgehead atoms. The smallest absolute Gasteiger partial charge is 0.325 e. The fourth-order valence-corrected chi connectivity index (χ4v) is 2.09. The third kappa shape index (κ3) is 3.81. The lowest BCUT2D eigenvalue weighted by Crippen LogP contribution is -2.42. The summed E-state index contributed by atoms with van der Waals surface area (Å²) < 4.78 is 9.51. The van der Waals surface area contributed by atoms with Crippen LogP contribution in [0.4, 0.5) is 0 Å². The number of ether oxygens (including phenoxy) is 2. The summed E-state index contributed by atoms with van der Waals surface area (Å²) in [5.41, 5.74) is 0.623. The van der Waals surface area contributed by atoms with Crippen molar-refractivity contribution in [1.29, 1.82) is 0 Å². The molecule has 1 fully saturated rings. The normalized spacial score (nSPS) is 31.9. The van der Waals surface area contributed by atoms with E-state index in [1.165, 1.54) is 0 Å². The monoisotopic (exact) mass is 317 g/mol. The van der Waals surface area contributed by atoms with E-state index >= 15 is 0 Å². The summed E-state index contributed by atoms with van der Waals surface area (Å²) in [5.74, 6) is -1.09. The van der Waals surface area contributed by atoms with Gasteiger partial charge in [0, 0.05) is 5.57 Å². The largest absolute Gasteiger partial charge is 0.462 e. The van der Waals surface area contributed by atoms with E-state index in [4.69, 9.17) is 9.47 Å². The number of hydrogen-bond acceptors (Lipinski definition) is 8. The standard InChI is InChI=1S/C13H19NO8/c15-7(11-9(17)10(18)13(20)22-11)5-21-8(16)4-14-12(19)6-2-1-3-6/h2,7,9-11,13,15,17-18,20H,1,3-5H2,(H,14,19)/t7-,9?,10?,11?,13?/m1/s1. The lowest BCUT2D eigenvalue weighted by molar-refractivity contribution is -0.162. The number of allylic oxidation sites excluding steroid dienone is 1. The zero-order chi connectivity index (χ0) is 16.3. The van der Waals surface area contributed by atoms with Crippen molar-refractivity contribution >= 4 is 11.9 Å². The number of carbonyl (C=O) groups excluding carboxylic acids is 2. The average Bonchev–Trinajstić information content (AvgIpc) is 2.68. The van der Waals surface area contributed by atoms with Gasteiger partial charge >= 0.3 is 5.97 Å². The molecule has 22 heavy (non-hydrogen) atoms. The molecule has 1 heterocycles. The van der Waals surface area contributed by atoms with Crippen LogP contribution in [0.5, 0.6) is 0 Å². The molecular formula is C13H19NO8. The van der Waals surface area contributed by atoms with Crippen molar-refractivity contribution in [1.82, 2.24) is 5.32 Å². The third-order valence-electron chi connectivity index (χ3n) is 3.56. The molecule has 9 heteroatoms. The van der Waals surface area contributed by atoms with E-state index in [1.54, 1.807) is 6.08 Å². The fourth-order valence-electron chi connectivity index (χ4n) is 2.09. The summed E-state index contributed by atoms with van der Waals surface area (Å²) in [6.45, 7) is -0.846. The van der Waals surface area contributed by atoms with Gasteiger partial charge < -0.3 is 35.2 Å². The highest BCUT2D eigenvalue weighted by Crippen LogP contribution is 2.22. The maximum Gasteiger partial charge on any atom is 0.325 e. The molecule has 5 atom stereocenters. The molecule has 1 saturated heterocycles. The van der Waals surface area contributed by atoms with Gasteiger partial charge in [-0.15, -0.1) is 0 Å². The second-order valence-corrected chi connectivity index (χ2v) is 5.17. The van der Waals surface area contributed by atoms with E-state index in [1.807, 2.05) is 0 Å². The summed E-state index contributed by atoms with van der Waals surface area (Å²) in [6.07, 6.45) is -4.04. The highest BCUT2D eigenvalue weighted by Gasteiger charge is 2.45. The molecule has 9 nitrogen and oxygen atoms in total. The van der Waals surface area contributed by atoms with E-state index in [0.717, 1.165) is 6.42 Å². The van der Waals surface area contributed by atoms with E-state index < -0.39 is 43.3 Å². The van der Waals surface area contributed by atoms with Crippen LogP contribution in [0.2, 0.25) is 0 Å². The maximum absolute atomic E-state index is 11.4. The zero-order valence-electron chi connectivity index (χ0n) is 11.7.